The molecular weight excluding hydrogens is 216 g/mol. The summed E-state index contributed by atoms with van der Waals surface area (Å²) < 4.78 is 5.07. The number of hydrogen-bond acceptors (Lipinski definition) is 3. The number of carbonyl (C=O) groups is 1. The largest absolute Gasteiger partial charge is 0.508 e. The molecule has 1 aliphatic carbocycles. The van der Waals surface area contributed by atoms with Crippen LogP contribution in [-0.2, 0) is 22.4 Å². The lowest BCUT2D eigenvalue weighted by Crippen LogP contribution is -2.17. The monoisotopic (exact) mass is 234 g/mol. The highest BCUT2D eigenvalue weighted by Crippen LogP contribution is 2.27. The smallest absolute Gasteiger partial charge is 0.308 e. The Labute approximate surface area is 101 Å². The van der Waals surface area contributed by atoms with E-state index in [1.54, 1.807) is 6.07 Å². The topological polar surface area (TPSA) is 46.5 Å². The Balaban J connectivity index is 2.08. The van der Waals surface area contributed by atoms with Crippen molar-refractivity contribution in [3.05, 3.63) is 29.3 Å². The van der Waals surface area contributed by atoms with E-state index in [2.05, 4.69) is 0 Å². The van der Waals surface area contributed by atoms with E-state index in [0.29, 0.717) is 12.4 Å². The van der Waals surface area contributed by atoms with Crippen molar-refractivity contribution in [2.45, 2.75) is 32.6 Å². The summed E-state index contributed by atoms with van der Waals surface area (Å²) in [5.74, 6) is 0.229. The molecule has 2 rings (SSSR count). The van der Waals surface area contributed by atoms with Gasteiger partial charge in [0, 0.05) is 0 Å². The highest BCUT2D eigenvalue weighted by atomic mass is 16.5. The van der Waals surface area contributed by atoms with Crippen molar-refractivity contribution in [3.8, 4) is 5.75 Å². The Morgan fingerprint density at radius 1 is 1.35 bits per heavy atom. The van der Waals surface area contributed by atoms with E-state index in [9.17, 15) is 9.90 Å². The molecule has 0 saturated heterocycles. The van der Waals surface area contributed by atoms with Gasteiger partial charge in [-0.05, 0) is 55.9 Å². The molecule has 0 radical (unpaired) electrons. The molecule has 0 bridgehead atoms. The minimum atomic E-state index is -0.0791. The second kappa shape index (κ2) is 5.21. The zero-order chi connectivity index (χ0) is 12.3. The van der Waals surface area contributed by atoms with E-state index in [-0.39, 0.29) is 11.9 Å². The van der Waals surface area contributed by atoms with Crippen molar-refractivity contribution in [2.75, 3.05) is 6.61 Å². The predicted octanol–water partition coefficient (Wildman–Crippen LogP) is 2.45. The molecule has 1 N–H and O–H groups in total. The summed E-state index contributed by atoms with van der Waals surface area (Å²) in [6, 6.07) is 5.48. The molecule has 1 aromatic rings. The molecule has 92 valence electrons. The van der Waals surface area contributed by atoms with Crippen molar-refractivity contribution in [1.29, 1.82) is 0 Å². The predicted molar refractivity (Wildman–Crippen MR) is 64.9 cm³/mol. The first-order valence-electron chi connectivity index (χ1n) is 6.18. The molecule has 3 nitrogen and oxygen atoms in total. The fourth-order valence-corrected chi connectivity index (χ4v) is 2.39. The summed E-state index contributed by atoms with van der Waals surface area (Å²) in [6.45, 7) is 2.28. The maximum atomic E-state index is 11.7. The number of aromatic hydroxyl groups is 1. The molecule has 0 aliphatic heterocycles. The highest BCUT2D eigenvalue weighted by molar-refractivity contribution is 5.72. The number of benzene rings is 1. The standard InChI is InChI=1S/C14H18O3/c1-2-17-14(16)11-4-3-10-7-8-13(15)9-12(10)6-5-11/h7-9,11,15H,2-6H2,1H3/t11-/m1/s1. The Hall–Kier alpha value is -1.51. The van der Waals surface area contributed by atoms with Gasteiger partial charge in [-0.1, -0.05) is 6.07 Å². The number of ether oxygens (including phenoxy) is 1. The van der Waals surface area contributed by atoms with Crippen LogP contribution in [0.3, 0.4) is 0 Å². The zero-order valence-electron chi connectivity index (χ0n) is 10.1. The van der Waals surface area contributed by atoms with Crippen molar-refractivity contribution < 1.29 is 14.6 Å². The quantitative estimate of drug-likeness (QED) is 0.631. The summed E-state index contributed by atoms with van der Waals surface area (Å²) in [4.78, 5) is 11.7. The van der Waals surface area contributed by atoms with Gasteiger partial charge in [0.15, 0.2) is 0 Å². The fourth-order valence-electron chi connectivity index (χ4n) is 2.39. The first-order chi connectivity index (χ1) is 8.20. The molecule has 3 heteroatoms. The average Bonchev–Trinajstić information content (AvgIpc) is 2.51. The van der Waals surface area contributed by atoms with Crippen LogP contribution >= 0.6 is 0 Å². The maximum absolute atomic E-state index is 11.7. The molecule has 1 aliphatic rings. The fraction of sp³-hybridized carbons (Fsp3) is 0.500. The Morgan fingerprint density at radius 2 is 2.06 bits per heavy atom. The van der Waals surface area contributed by atoms with Gasteiger partial charge in [-0.3, -0.25) is 4.79 Å². The SMILES string of the molecule is CCOC(=O)[C@@H]1CCc2ccc(O)cc2CC1. The molecule has 1 atom stereocenters. The number of rotatable bonds is 2. The molecule has 0 aromatic heterocycles. The van der Waals surface area contributed by atoms with Gasteiger partial charge >= 0.3 is 5.97 Å². The average molecular weight is 234 g/mol. The summed E-state index contributed by atoms with van der Waals surface area (Å²) in [5.41, 5.74) is 2.41. The molecule has 0 fully saturated rings. The van der Waals surface area contributed by atoms with Gasteiger partial charge in [-0.25, -0.2) is 0 Å². The second-order valence-corrected chi connectivity index (χ2v) is 4.48. The number of esters is 1. The Morgan fingerprint density at radius 3 is 2.76 bits per heavy atom. The molecule has 0 unspecified atom stereocenters. The van der Waals surface area contributed by atoms with Crippen LogP contribution in [0.5, 0.6) is 5.75 Å². The number of phenolic OH excluding ortho intramolecular Hbond substituents is 1. The first-order valence-corrected chi connectivity index (χ1v) is 6.18. The summed E-state index contributed by atoms with van der Waals surface area (Å²) in [7, 11) is 0. The summed E-state index contributed by atoms with van der Waals surface area (Å²) in [6.07, 6.45) is 3.39. The minimum Gasteiger partial charge on any atom is -0.508 e. The van der Waals surface area contributed by atoms with Gasteiger partial charge in [0.2, 0.25) is 0 Å². The molecule has 0 spiro atoms. The van der Waals surface area contributed by atoms with Crippen LogP contribution in [0.1, 0.15) is 30.9 Å². The lowest BCUT2D eigenvalue weighted by atomic mass is 10.00. The summed E-state index contributed by atoms with van der Waals surface area (Å²) in [5, 5.41) is 9.45. The van der Waals surface area contributed by atoms with Crippen LogP contribution in [0, 0.1) is 5.92 Å². The van der Waals surface area contributed by atoms with E-state index in [0.717, 1.165) is 31.2 Å². The van der Waals surface area contributed by atoms with Crippen LogP contribution in [0.15, 0.2) is 18.2 Å². The molecule has 0 amide bonds. The third kappa shape index (κ3) is 2.78. The molecule has 1 aromatic carbocycles. The van der Waals surface area contributed by atoms with Crippen LogP contribution in [-0.4, -0.2) is 17.7 Å². The van der Waals surface area contributed by atoms with E-state index in [1.807, 2.05) is 19.1 Å². The Bertz CT molecular complexity index is 412. The van der Waals surface area contributed by atoms with Gasteiger partial charge in [-0.2, -0.15) is 0 Å². The number of carbonyl (C=O) groups excluding carboxylic acids is 1. The second-order valence-electron chi connectivity index (χ2n) is 4.48. The number of hydrogen-bond donors (Lipinski definition) is 1. The van der Waals surface area contributed by atoms with Gasteiger partial charge in [-0.15, -0.1) is 0 Å². The molecule has 0 heterocycles. The van der Waals surface area contributed by atoms with Crippen molar-refractivity contribution in [1.82, 2.24) is 0 Å². The van der Waals surface area contributed by atoms with Gasteiger partial charge in [0.25, 0.3) is 0 Å². The van der Waals surface area contributed by atoms with Crippen LogP contribution in [0.25, 0.3) is 0 Å². The zero-order valence-corrected chi connectivity index (χ0v) is 10.1. The number of fused-ring (bicyclic) bond motifs is 1. The van der Waals surface area contributed by atoms with Gasteiger partial charge in [0.05, 0.1) is 12.5 Å². The first kappa shape index (κ1) is 12.0. The minimum absolute atomic E-state index is 0.00416. The van der Waals surface area contributed by atoms with Gasteiger partial charge in [0.1, 0.15) is 5.75 Å². The molecule has 0 saturated carbocycles. The lowest BCUT2D eigenvalue weighted by Gasteiger charge is -2.11. The molecular formula is C14H18O3. The van der Waals surface area contributed by atoms with E-state index < -0.39 is 0 Å². The number of phenols is 1. The third-order valence-electron chi connectivity index (χ3n) is 3.33. The van der Waals surface area contributed by atoms with Gasteiger partial charge < -0.3 is 9.84 Å². The highest BCUT2D eigenvalue weighted by Gasteiger charge is 2.23. The molecule has 17 heavy (non-hydrogen) atoms. The Kier molecular flexibility index (Phi) is 3.67. The van der Waals surface area contributed by atoms with E-state index >= 15 is 0 Å². The third-order valence-corrected chi connectivity index (χ3v) is 3.33. The van der Waals surface area contributed by atoms with Crippen molar-refractivity contribution in [2.24, 2.45) is 5.92 Å². The van der Waals surface area contributed by atoms with Crippen LogP contribution in [0.4, 0.5) is 0 Å². The van der Waals surface area contributed by atoms with Crippen LogP contribution in [0.2, 0.25) is 0 Å². The number of aryl methyl sites for hydroxylation is 2. The van der Waals surface area contributed by atoms with Crippen molar-refractivity contribution in [3.63, 3.8) is 0 Å². The maximum Gasteiger partial charge on any atom is 0.308 e. The van der Waals surface area contributed by atoms with E-state index in [4.69, 9.17) is 4.74 Å². The summed E-state index contributed by atoms with van der Waals surface area (Å²) >= 11 is 0. The normalized spacial score (nSPS) is 19.2. The lowest BCUT2D eigenvalue weighted by molar-refractivity contribution is -0.148. The van der Waals surface area contributed by atoms with Crippen LogP contribution < -0.4 is 0 Å². The van der Waals surface area contributed by atoms with Crippen molar-refractivity contribution >= 4 is 5.97 Å². The van der Waals surface area contributed by atoms with E-state index in [1.165, 1.54) is 5.56 Å².